The van der Waals surface area contributed by atoms with Crippen LogP contribution in [-0.4, -0.2) is 32.9 Å². The van der Waals surface area contributed by atoms with Gasteiger partial charge in [0.2, 0.25) is 0 Å². The van der Waals surface area contributed by atoms with Crippen LogP contribution in [0, 0.1) is 0 Å². The van der Waals surface area contributed by atoms with Crippen molar-refractivity contribution < 1.29 is 24.9 Å². The summed E-state index contributed by atoms with van der Waals surface area (Å²) in [5, 5.41) is 26.5. The molecule has 0 atom stereocenters. The Morgan fingerprint density at radius 3 is 1.87 bits per heavy atom. The van der Waals surface area contributed by atoms with Crippen molar-refractivity contribution in [2.24, 2.45) is 0 Å². The second-order valence-corrected chi connectivity index (χ2v) is 3.63. The summed E-state index contributed by atoms with van der Waals surface area (Å²) >= 11 is 0. The van der Waals surface area contributed by atoms with Gasteiger partial charge in [0, 0.05) is 0 Å². The first-order chi connectivity index (χ1) is 6.95. The van der Waals surface area contributed by atoms with E-state index in [9.17, 15) is 14.7 Å². The molecule has 0 bridgehead atoms. The first-order valence-corrected chi connectivity index (χ1v) is 5.14. The van der Waals surface area contributed by atoms with Crippen LogP contribution >= 0.6 is 0 Å². The molecule has 3 N–H and O–H groups in total. The van der Waals surface area contributed by atoms with Gasteiger partial charge in [-0.15, -0.1) is 0 Å². The molecule has 0 aliphatic carbocycles. The summed E-state index contributed by atoms with van der Waals surface area (Å²) in [6.45, 7) is 2.05. The van der Waals surface area contributed by atoms with Gasteiger partial charge in [-0.3, -0.25) is 0 Å². The van der Waals surface area contributed by atoms with E-state index < -0.39 is 17.5 Å². The van der Waals surface area contributed by atoms with Gasteiger partial charge in [0.15, 0.2) is 0 Å². The number of rotatable bonds is 8. The van der Waals surface area contributed by atoms with Crippen molar-refractivity contribution in [1.82, 2.24) is 0 Å². The molecule has 0 fully saturated rings. The maximum Gasteiger partial charge on any atom is 0.347 e. The van der Waals surface area contributed by atoms with Crippen LogP contribution in [0.1, 0.15) is 45.4 Å². The molecule has 0 saturated heterocycles. The second kappa shape index (κ2) is 6.40. The summed E-state index contributed by atoms with van der Waals surface area (Å²) in [6, 6.07) is 0. The monoisotopic (exact) mass is 218 g/mol. The van der Waals surface area contributed by atoms with Gasteiger partial charge in [0.25, 0.3) is 5.60 Å². The van der Waals surface area contributed by atoms with Crippen LogP contribution in [-0.2, 0) is 9.59 Å². The lowest BCUT2D eigenvalue weighted by Gasteiger charge is -2.17. The Labute approximate surface area is 88.7 Å². The van der Waals surface area contributed by atoms with Gasteiger partial charge in [0.1, 0.15) is 0 Å². The van der Waals surface area contributed by atoms with E-state index in [0.717, 1.165) is 25.7 Å². The van der Waals surface area contributed by atoms with Crippen LogP contribution in [0.5, 0.6) is 0 Å². The van der Waals surface area contributed by atoms with Crippen LogP contribution < -0.4 is 0 Å². The van der Waals surface area contributed by atoms with Crippen molar-refractivity contribution >= 4 is 11.9 Å². The predicted octanol–water partition coefficient (Wildman–Crippen LogP) is 1.25. The summed E-state index contributed by atoms with van der Waals surface area (Å²) in [5.41, 5.74) is -2.62. The molecule has 0 saturated carbocycles. The molecule has 5 heteroatoms. The Bertz CT molecular complexity index is 210. The summed E-state index contributed by atoms with van der Waals surface area (Å²) in [7, 11) is 0. The highest BCUT2D eigenvalue weighted by atomic mass is 16.4. The number of aliphatic carboxylic acids is 2. The molecule has 0 aromatic carbocycles. The molecule has 0 aliphatic rings. The molecule has 5 nitrogen and oxygen atoms in total. The minimum absolute atomic E-state index is 0.235. The molecular weight excluding hydrogens is 200 g/mol. The first kappa shape index (κ1) is 13.9. The lowest BCUT2D eigenvalue weighted by atomic mass is 9.96. The van der Waals surface area contributed by atoms with Gasteiger partial charge in [-0.2, -0.15) is 0 Å². The third-order valence-corrected chi connectivity index (χ3v) is 2.35. The molecule has 0 rings (SSSR count). The van der Waals surface area contributed by atoms with Crippen molar-refractivity contribution in [3.8, 4) is 0 Å². The zero-order valence-corrected chi connectivity index (χ0v) is 8.90. The summed E-state index contributed by atoms with van der Waals surface area (Å²) in [6.07, 6.45) is 3.96. The predicted molar refractivity (Wildman–Crippen MR) is 53.6 cm³/mol. The van der Waals surface area contributed by atoms with Gasteiger partial charge in [0.05, 0.1) is 0 Å². The van der Waals surface area contributed by atoms with E-state index in [2.05, 4.69) is 0 Å². The highest BCUT2D eigenvalue weighted by Gasteiger charge is 2.43. The summed E-state index contributed by atoms with van der Waals surface area (Å²) in [4.78, 5) is 21.1. The van der Waals surface area contributed by atoms with Crippen molar-refractivity contribution in [2.75, 3.05) is 0 Å². The fraction of sp³-hybridized carbons (Fsp3) is 0.800. The van der Waals surface area contributed by atoms with E-state index in [4.69, 9.17) is 10.2 Å². The van der Waals surface area contributed by atoms with Crippen molar-refractivity contribution in [3.05, 3.63) is 0 Å². The number of carboxylic acid groups (broad SMARTS) is 2. The number of carbonyl (C=O) groups is 2. The van der Waals surface area contributed by atoms with E-state index in [0.29, 0.717) is 6.42 Å². The number of unbranched alkanes of at least 4 members (excludes halogenated alkanes) is 4. The molecule has 0 aromatic rings. The van der Waals surface area contributed by atoms with Crippen LogP contribution in [0.4, 0.5) is 0 Å². The maximum atomic E-state index is 10.6. The third kappa shape index (κ3) is 4.29. The third-order valence-electron chi connectivity index (χ3n) is 2.35. The maximum absolute atomic E-state index is 10.6. The van der Waals surface area contributed by atoms with Gasteiger partial charge < -0.3 is 15.3 Å². The first-order valence-electron chi connectivity index (χ1n) is 5.14. The Morgan fingerprint density at radius 1 is 1.00 bits per heavy atom. The van der Waals surface area contributed by atoms with Crippen molar-refractivity contribution in [1.29, 1.82) is 0 Å². The van der Waals surface area contributed by atoms with Crippen LogP contribution in [0.15, 0.2) is 0 Å². The average Bonchev–Trinajstić information content (AvgIpc) is 2.16. The van der Waals surface area contributed by atoms with E-state index in [1.807, 2.05) is 6.92 Å². The second-order valence-electron chi connectivity index (χ2n) is 3.63. The molecule has 88 valence electrons. The molecule has 15 heavy (non-hydrogen) atoms. The fourth-order valence-electron chi connectivity index (χ4n) is 1.29. The molecule has 0 unspecified atom stereocenters. The van der Waals surface area contributed by atoms with E-state index in [-0.39, 0.29) is 6.42 Å². The molecule has 0 heterocycles. The Morgan fingerprint density at radius 2 is 1.47 bits per heavy atom. The van der Waals surface area contributed by atoms with Gasteiger partial charge in [-0.05, 0) is 12.8 Å². The van der Waals surface area contributed by atoms with E-state index in [1.165, 1.54) is 0 Å². The van der Waals surface area contributed by atoms with Crippen molar-refractivity contribution in [3.63, 3.8) is 0 Å². The quantitative estimate of drug-likeness (QED) is 0.421. The van der Waals surface area contributed by atoms with E-state index in [1.54, 1.807) is 0 Å². The molecule has 0 aromatic heterocycles. The fourth-order valence-corrected chi connectivity index (χ4v) is 1.29. The smallest absolute Gasteiger partial charge is 0.347 e. The standard InChI is InChI=1S/C10H18O5/c1-2-3-4-5-6-7-10(15,8(11)12)9(13)14/h15H,2-7H2,1H3,(H,11,12)(H,13,14). The lowest BCUT2D eigenvalue weighted by molar-refractivity contribution is -0.176. The number of hydrogen-bond acceptors (Lipinski definition) is 3. The molecule has 0 amide bonds. The Hall–Kier alpha value is -1.10. The normalized spacial score (nSPS) is 11.3. The van der Waals surface area contributed by atoms with Gasteiger partial charge >= 0.3 is 11.9 Å². The van der Waals surface area contributed by atoms with Crippen molar-refractivity contribution in [2.45, 2.75) is 51.0 Å². The Kier molecular flexibility index (Phi) is 5.93. The topological polar surface area (TPSA) is 94.8 Å². The van der Waals surface area contributed by atoms with Gasteiger partial charge in [-0.1, -0.05) is 32.6 Å². The molecule has 0 spiro atoms. The zero-order valence-electron chi connectivity index (χ0n) is 8.90. The highest BCUT2D eigenvalue weighted by Crippen LogP contribution is 2.16. The number of carboxylic acids is 2. The van der Waals surface area contributed by atoms with Crippen LogP contribution in [0.3, 0.4) is 0 Å². The zero-order chi connectivity index (χ0) is 11.9. The highest BCUT2D eigenvalue weighted by molar-refractivity contribution is 6.01. The SMILES string of the molecule is CCCCCCCC(O)(C(=O)O)C(=O)O. The van der Waals surface area contributed by atoms with Crippen LogP contribution in [0.25, 0.3) is 0 Å². The number of hydrogen-bond donors (Lipinski definition) is 3. The average molecular weight is 218 g/mol. The minimum atomic E-state index is -2.62. The molecule has 0 radical (unpaired) electrons. The number of aliphatic hydroxyl groups is 1. The Balaban J connectivity index is 3.99. The van der Waals surface area contributed by atoms with Crippen LogP contribution in [0.2, 0.25) is 0 Å². The lowest BCUT2D eigenvalue weighted by Crippen LogP contribution is -2.46. The van der Waals surface area contributed by atoms with E-state index >= 15 is 0 Å². The largest absolute Gasteiger partial charge is 0.479 e. The molecular formula is C10H18O5. The summed E-state index contributed by atoms with van der Waals surface area (Å²) < 4.78 is 0. The van der Waals surface area contributed by atoms with Gasteiger partial charge in [-0.25, -0.2) is 9.59 Å². The summed E-state index contributed by atoms with van der Waals surface area (Å²) in [5.74, 6) is -3.38. The minimum Gasteiger partial charge on any atom is -0.479 e. The molecule has 0 aliphatic heterocycles.